The highest BCUT2D eigenvalue weighted by molar-refractivity contribution is 5.94. The third-order valence-electron chi connectivity index (χ3n) is 3.28. The predicted octanol–water partition coefficient (Wildman–Crippen LogP) is 3.37. The molecule has 0 saturated heterocycles. The van der Waals surface area contributed by atoms with E-state index in [4.69, 9.17) is 4.74 Å². The summed E-state index contributed by atoms with van der Waals surface area (Å²) < 4.78 is 18.5. The van der Waals surface area contributed by atoms with Crippen LogP contribution in [0.4, 0.5) is 15.8 Å². The highest BCUT2D eigenvalue weighted by Gasteiger charge is 2.18. The molecule has 0 aliphatic carbocycles. The number of nitro benzene ring substituents is 1. The Kier molecular flexibility index (Phi) is 4.90. The second-order valence-corrected chi connectivity index (χ2v) is 4.98. The first kappa shape index (κ1) is 16.4. The molecule has 0 bridgehead atoms. The van der Waals surface area contributed by atoms with Crippen molar-refractivity contribution in [2.75, 3.05) is 11.9 Å². The van der Waals surface area contributed by atoms with Crippen LogP contribution >= 0.6 is 0 Å². The molecular weight excluding hydrogens is 303 g/mol. The second kappa shape index (κ2) is 6.87. The van der Waals surface area contributed by atoms with E-state index in [9.17, 15) is 19.3 Å². The van der Waals surface area contributed by atoms with E-state index in [2.05, 4.69) is 5.32 Å². The summed E-state index contributed by atoms with van der Waals surface area (Å²) in [5.41, 5.74) is 1.44. The van der Waals surface area contributed by atoms with Crippen molar-refractivity contribution >= 4 is 17.3 Å². The lowest BCUT2D eigenvalue weighted by Gasteiger charge is -2.10. The molecule has 2 aromatic rings. The molecule has 1 amide bonds. The monoisotopic (exact) mass is 318 g/mol. The Bertz CT molecular complexity index is 762. The first-order chi connectivity index (χ1) is 10.9. The molecule has 0 unspecified atom stereocenters. The van der Waals surface area contributed by atoms with Gasteiger partial charge < -0.3 is 10.1 Å². The van der Waals surface area contributed by atoms with Gasteiger partial charge in [-0.15, -0.1) is 0 Å². The summed E-state index contributed by atoms with van der Waals surface area (Å²) in [6.07, 6.45) is 0. The van der Waals surface area contributed by atoms with Gasteiger partial charge >= 0.3 is 0 Å². The van der Waals surface area contributed by atoms with Gasteiger partial charge in [-0.1, -0.05) is 12.1 Å². The lowest BCUT2D eigenvalue weighted by atomic mass is 10.1. The van der Waals surface area contributed by atoms with Crippen molar-refractivity contribution < 1.29 is 18.8 Å². The summed E-state index contributed by atoms with van der Waals surface area (Å²) in [4.78, 5) is 22.4. The van der Waals surface area contributed by atoms with Gasteiger partial charge in [-0.3, -0.25) is 14.9 Å². The number of nitro groups is 1. The van der Waals surface area contributed by atoms with Crippen LogP contribution in [0.15, 0.2) is 36.4 Å². The number of nitrogens with zero attached hydrogens (tertiary/aromatic N) is 1. The Labute approximate surface area is 132 Å². The van der Waals surface area contributed by atoms with Gasteiger partial charge in [-0.25, -0.2) is 4.39 Å². The quantitative estimate of drug-likeness (QED) is 0.677. The number of hydrogen-bond acceptors (Lipinski definition) is 4. The lowest BCUT2D eigenvalue weighted by molar-refractivity contribution is -0.384. The van der Waals surface area contributed by atoms with Crippen LogP contribution in [0.5, 0.6) is 5.75 Å². The fourth-order valence-electron chi connectivity index (χ4n) is 1.94. The number of halogens is 1. The standard InChI is InChI=1S/C16H15FN2O4/c1-10-7-13(14(19(21)22)8-11(10)2)18-16(20)9-23-15-6-4-3-5-12(15)17/h3-8H,9H2,1-2H3,(H,18,20). The maximum atomic E-state index is 13.4. The molecule has 0 aliphatic rings. The Morgan fingerprint density at radius 2 is 1.91 bits per heavy atom. The van der Waals surface area contributed by atoms with Gasteiger partial charge in [-0.05, 0) is 43.2 Å². The summed E-state index contributed by atoms with van der Waals surface area (Å²) in [6, 6.07) is 8.59. The number of anilines is 1. The van der Waals surface area contributed by atoms with E-state index in [1.807, 2.05) is 0 Å². The Morgan fingerprint density at radius 3 is 2.57 bits per heavy atom. The van der Waals surface area contributed by atoms with Gasteiger partial charge in [0.25, 0.3) is 11.6 Å². The molecule has 0 spiro atoms. The van der Waals surface area contributed by atoms with Crippen LogP contribution in [0.2, 0.25) is 0 Å². The van der Waals surface area contributed by atoms with Crippen LogP contribution in [0, 0.1) is 29.8 Å². The zero-order valence-electron chi connectivity index (χ0n) is 12.6. The Hall–Kier alpha value is -2.96. The van der Waals surface area contributed by atoms with E-state index < -0.39 is 23.3 Å². The van der Waals surface area contributed by atoms with Crippen molar-refractivity contribution in [2.45, 2.75) is 13.8 Å². The summed E-state index contributed by atoms with van der Waals surface area (Å²) >= 11 is 0. The number of aryl methyl sites for hydroxylation is 2. The van der Waals surface area contributed by atoms with Crippen molar-refractivity contribution in [3.63, 3.8) is 0 Å². The third-order valence-corrected chi connectivity index (χ3v) is 3.28. The van der Waals surface area contributed by atoms with Crippen molar-refractivity contribution in [1.29, 1.82) is 0 Å². The van der Waals surface area contributed by atoms with Gasteiger partial charge in [0.05, 0.1) is 4.92 Å². The summed E-state index contributed by atoms with van der Waals surface area (Å²) in [6.45, 7) is 3.07. The lowest BCUT2D eigenvalue weighted by Crippen LogP contribution is -2.21. The minimum absolute atomic E-state index is 0.0581. The molecule has 120 valence electrons. The van der Waals surface area contributed by atoms with Gasteiger partial charge in [0.2, 0.25) is 0 Å². The van der Waals surface area contributed by atoms with Crippen molar-refractivity contribution in [2.24, 2.45) is 0 Å². The molecule has 23 heavy (non-hydrogen) atoms. The molecule has 7 heteroatoms. The molecule has 1 N–H and O–H groups in total. The topological polar surface area (TPSA) is 81.5 Å². The van der Waals surface area contributed by atoms with E-state index in [-0.39, 0.29) is 17.1 Å². The average molecular weight is 318 g/mol. The van der Waals surface area contributed by atoms with Crippen LogP contribution < -0.4 is 10.1 Å². The zero-order chi connectivity index (χ0) is 17.0. The molecule has 6 nitrogen and oxygen atoms in total. The second-order valence-electron chi connectivity index (χ2n) is 4.98. The van der Waals surface area contributed by atoms with Crippen LogP contribution in [0.25, 0.3) is 0 Å². The molecule has 0 aromatic heterocycles. The number of para-hydroxylation sites is 1. The van der Waals surface area contributed by atoms with Gasteiger partial charge in [-0.2, -0.15) is 0 Å². The van der Waals surface area contributed by atoms with Crippen molar-refractivity contribution in [3.05, 3.63) is 63.5 Å². The number of carbonyl (C=O) groups is 1. The van der Waals surface area contributed by atoms with Crippen molar-refractivity contribution in [3.8, 4) is 5.75 Å². The highest BCUT2D eigenvalue weighted by Crippen LogP contribution is 2.28. The molecule has 0 saturated carbocycles. The first-order valence-electron chi connectivity index (χ1n) is 6.81. The van der Waals surface area contributed by atoms with Crippen LogP contribution in [-0.2, 0) is 4.79 Å². The van der Waals surface area contributed by atoms with Gasteiger partial charge in [0.1, 0.15) is 5.69 Å². The highest BCUT2D eigenvalue weighted by atomic mass is 19.1. The third kappa shape index (κ3) is 4.03. The number of hydrogen-bond donors (Lipinski definition) is 1. The van der Waals surface area contributed by atoms with E-state index in [0.29, 0.717) is 0 Å². The minimum Gasteiger partial charge on any atom is -0.481 e. The average Bonchev–Trinajstić information content (AvgIpc) is 2.49. The van der Waals surface area contributed by atoms with Crippen LogP contribution in [0.1, 0.15) is 11.1 Å². The number of nitrogens with one attached hydrogen (secondary N) is 1. The maximum Gasteiger partial charge on any atom is 0.293 e. The van der Waals surface area contributed by atoms with E-state index in [0.717, 1.165) is 11.1 Å². The van der Waals surface area contributed by atoms with Gasteiger partial charge in [0, 0.05) is 6.07 Å². The van der Waals surface area contributed by atoms with Gasteiger partial charge in [0.15, 0.2) is 18.2 Å². The molecule has 0 radical (unpaired) electrons. The smallest absolute Gasteiger partial charge is 0.293 e. The SMILES string of the molecule is Cc1cc(NC(=O)COc2ccccc2F)c([N+](=O)[O-])cc1C. The van der Waals surface area contributed by atoms with E-state index >= 15 is 0 Å². The first-order valence-corrected chi connectivity index (χ1v) is 6.81. The molecule has 0 heterocycles. The predicted molar refractivity (Wildman–Crippen MR) is 83.1 cm³/mol. The number of benzene rings is 2. The number of rotatable bonds is 5. The molecule has 2 aromatic carbocycles. The Morgan fingerprint density at radius 1 is 1.26 bits per heavy atom. The normalized spacial score (nSPS) is 10.2. The molecule has 2 rings (SSSR count). The molecule has 0 atom stereocenters. The van der Waals surface area contributed by atoms with Crippen molar-refractivity contribution in [1.82, 2.24) is 0 Å². The summed E-state index contributed by atoms with van der Waals surface area (Å²) in [5.74, 6) is -1.26. The summed E-state index contributed by atoms with van der Waals surface area (Å²) in [5, 5.41) is 13.5. The number of ether oxygens (including phenoxy) is 1. The number of amides is 1. The molecule has 0 fully saturated rings. The minimum atomic E-state index is -0.611. The fourth-order valence-corrected chi connectivity index (χ4v) is 1.94. The number of carbonyl (C=O) groups excluding carboxylic acids is 1. The van der Waals surface area contributed by atoms with E-state index in [1.54, 1.807) is 19.9 Å². The molecular formula is C16H15FN2O4. The van der Waals surface area contributed by atoms with Crippen LogP contribution in [-0.4, -0.2) is 17.4 Å². The fraction of sp³-hybridized carbons (Fsp3) is 0.188. The Balaban J connectivity index is 2.10. The van der Waals surface area contributed by atoms with Crippen LogP contribution in [0.3, 0.4) is 0 Å². The molecule has 0 aliphatic heterocycles. The maximum absolute atomic E-state index is 13.4. The summed E-state index contributed by atoms with van der Waals surface area (Å²) in [7, 11) is 0. The van der Waals surface area contributed by atoms with E-state index in [1.165, 1.54) is 30.3 Å². The largest absolute Gasteiger partial charge is 0.481 e. The zero-order valence-corrected chi connectivity index (χ0v) is 12.6.